The second-order valence-corrected chi connectivity index (χ2v) is 9.38. The molecule has 2 saturated heterocycles. The van der Waals surface area contributed by atoms with Gasteiger partial charge in [0.05, 0.1) is 23.7 Å². The molecule has 8 atom stereocenters. The van der Waals surface area contributed by atoms with Gasteiger partial charge in [-0.3, -0.25) is 19.2 Å². The number of allylic oxidation sites excluding steroid dienone is 4. The lowest BCUT2D eigenvalue weighted by Gasteiger charge is -2.20. The third kappa shape index (κ3) is 1.80. The normalized spacial score (nSPS) is 42.3. The van der Waals surface area contributed by atoms with Gasteiger partial charge in [-0.05, 0) is 48.6 Å². The summed E-state index contributed by atoms with van der Waals surface area (Å²) >= 11 is 0. The highest BCUT2D eigenvalue weighted by Crippen LogP contribution is 2.54. The second-order valence-electron chi connectivity index (χ2n) is 9.38. The summed E-state index contributed by atoms with van der Waals surface area (Å²) in [7, 11) is 0. The SMILES string of the molecule is O=C1[C@H]2[C@H](C(=O)N1c1cccc(N3C(=O)[C@H]4[C@H](C3=O)[C@H]3C=C[C@H]4C3)n1)[C@H]1C=C[C@H]2C1. The van der Waals surface area contributed by atoms with Crippen molar-refractivity contribution in [2.45, 2.75) is 12.8 Å². The summed E-state index contributed by atoms with van der Waals surface area (Å²) in [5.41, 5.74) is 0. The Bertz CT molecular complexity index is 980. The molecule has 1 aromatic rings. The zero-order valence-electron chi connectivity index (χ0n) is 16.0. The van der Waals surface area contributed by atoms with Gasteiger partial charge in [-0.2, -0.15) is 0 Å². The number of anilines is 2. The van der Waals surface area contributed by atoms with Gasteiger partial charge >= 0.3 is 0 Å². The summed E-state index contributed by atoms with van der Waals surface area (Å²) in [5, 5.41) is 0. The van der Waals surface area contributed by atoms with Gasteiger partial charge in [-0.25, -0.2) is 14.8 Å². The van der Waals surface area contributed by atoms with Gasteiger partial charge in [-0.1, -0.05) is 30.4 Å². The molecule has 4 fully saturated rings. The molecular weight excluding hydrogens is 382 g/mol. The molecule has 2 aliphatic heterocycles. The largest absolute Gasteiger partial charge is 0.274 e. The number of pyridine rings is 1. The first-order chi connectivity index (χ1) is 14.5. The van der Waals surface area contributed by atoms with Gasteiger partial charge in [0.15, 0.2) is 0 Å². The van der Waals surface area contributed by atoms with Crippen molar-refractivity contribution in [2.75, 3.05) is 9.80 Å². The zero-order chi connectivity index (χ0) is 20.3. The molecule has 0 unspecified atom stereocenters. The molecule has 2 saturated carbocycles. The van der Waals surface area contributed by atoms with Crippen LogP contribution in [0.2, 0.25) is 0 Å². The highest BCUT2D eigenvalue weighted by atomic mass is 16.2. The molecule has 4 bridgehead atoms. The van der Waals surface area contributed by atoms with Gasteiger partial charge in [0, 0.05) is 0 Å². The van der Waals surface area contributed by atoms with Gasteiger partial charge in [-0.15, -0.1) is 0 Å². The minimum absolute atomic E-state index is 0.119. The number of hydrogen-bond donors (Lipinski definition) is 0. The van der Waals surface area contributed by atoms with Crippen LogP contribution in [0.5, 0.6) is 0 Å². The predicted octanol–water partition coefficient (Wildman–Crippen LogP) is 1.70. The van der Waals surface area contributed by atoms with Crippen LogP contribution in [0.3, 0.4) is 0 Å². The summed E-state index contributed by atoms with van der Waals surface area (Å²) in [6.07, 6.45) is 9.92. The summed E-state index contributed by atoms with van der Waals surface area (Å²) in [5.74, 6) is -1.23. The average Bonchev–Trinajstić information content (AvgIpc) is 3.55. The van der Waals surface area contributed by atoms with Crippen molar-refractivity contribution in [1.82, 2.24) is 4.98 Å². The van der Waals surface area contributed by atoms with E-state index < -0.39 is 0 Å². The number of hydrogen-bond acceptors (Lipinski definition) is 5. The molecular formula is C23H19N3O4. The van der Waals surface area contributed by atoms with E-state index in [1.807, 2.05) is 24.3 Å². The fourth-order valence-corrected chi connectivity index (χ4v) is 6.92. The van der Waals surface area contributed by atoms with E-state index in [9.17, 15) is 19.2 Å². The van der Waals surface area contributed by atoms with Crippen LogP contribution in [0.1, 0.15) is 12.8 Å². The highest BCUT2D eigenvalue weighted by Gasteiger charge is 2.61. The standard InChI is InChI=1S/C23H19N3O4/c27-20-16-10-4-5-11(8-10)17(16)21(28)25(20)14-2-1-3-15(24-14)26-22(29)18-12-6-7-13(9-12)19(18)23(26)30/h1-7,10-13,16-19H,8-9H2/t10-,11-,12-,13-,16+,17+,18+,19+/m0/s1. The molecule has 3 heterocycles. The lowest BCUT2D eigenvalue weighted by atomic mass is 9.85. The van der Waals surface area contributed by atoms with E-state index in [-0.39, 0.29) is 82.6 Å². The number of nitrogens with zero attached hydrogens (tertiary/aromatic N) is 3. The molecule has 0 spiro atoms. The zero-order valence-corrected chi connectivity index (χ0v) is 16.0. The van der Waals surface area contributed by atoms with Crippen molar-refractivity contribution in [3.05, 3.63) is 42.5 Å². The number of imide groups is 2. The Morgan fingerprint density at radius 3 is 1.27 bits per heavy atom. The number of aromatic nitrogens is 1. The van der Waals surface area contributed by atoms with Gasteiger partial charge in [0.25, 0.3) is 0 Å². The third-order valence-corrected chi connectivity index (χ3v) is 8.12. The van der Waals surface area contributed by atoms with E-state index in [4.69, 9.17) is 0 Å². The average molecular weight is 401 g/mol. The van der Waals surface area contributed by atoms with Crippen molar-refractivity contribution in [3.8, 4) is 0 Å². The molecule has 150 valence electrons. The number of carbonyl (C=O) groups excluding carboxylic acids is 4. The van der Waals surface area contributed by atoms with Crippen LogP contribution < -0.4 is 9.80 Å². The molecule has 4 amide bonds. The number of rotatable bonds is 2. The molecule has 0 radical (unpaired) electrons. The molecule has 0 N–H and O–H groups in total. The molecule has 30 heavy (non-hydrogen) atoms. The van der Waals surface area contributed by atoms with Crippen LogP contribution in [0.15, 0.2) is 42.5 Å². The van der Waals surface area contributed by atoms with Crippen LogP contribution in [0.25, 0.3) is 0 Å². The fourth-order valence-electron chi connectivity index (χ4n) is 6.92. The lowest BCUT2D eigenvalue weighted by Crippen LogP contribution is -2.36. The van der Waals surface area contributed by atoms with Crippen molar-refractivity contribution in [2.24, 2.45) is 47.3 Å². The van der Waals surface area contributed by atoms with Crippen LogP contribution >= 0.6 is 0 Å². The molecule has 0 aromatic carbocycles. The van der Waals surface area contributed by atoms with Crippen LogP contribution in [0.4, 0.5) is 11.6 Å². The molecule has 1 aromatic heterocycles. The van der Waals surface area contributed by atoms with Crippen molar-refractivity contribution >= 4 is 35.3 Å². The molecule has 4 aliphatic carbocycles. The lowest BCUT2D eigenvalue weighted by molar-refractivity contribution is -0.124. The summed E-state index contributed by atoms with van der Waals surface area (Å²) in [6.45, 7) is 0. The third-order valence-electron chi connectivity index (χ3n) is 8.12. The Labute approximate surface area is 172 Å². The van der Waals surface area contributed by atoms with E-state index in [0.717, 1.165) is 12.8 Å². The Balaban J connectivity index is 1.24. The van der Waals surface area contributed by atoms with E-state index in [1.54, 1.807) is 18.2 Å². The number of fused-ring (bicyclic) bond motifs is 10. The van der Waals surface area contributed by atoms with E-state index >= 15 is 0 Å². The fraction of sp³-hybridized carbons (Fsp3) is 0.435. The molecule has 7 nitrogen and oxygen atoms in total. The molecule has 6 aliphatic rings. The van der Waals surface area contributed by atoms with E-state index in [2.05, 4.69) is 4.98 Å². The van der Waals surface area contributed by atoms with Gasteiger partial charge in [0.1, 0.15) is 11.6 Å². The topological polar surface area (TPSA) is 87.7 Å². The van der Waals surface area contributed by atoms with Crippen molar-refractivity contribution in [1.29, 1.82) is 0 Å². The highest BCUT2D eigenvalue weighted by molar-refractivity contribution is 6.24. The van der Waals surface area contributed by atoms with Crippen LogP contribution in [-0.2, 0) is 19.2 Å². The maximum atomic E-state index is 13.1. The Morgan fingerprint density at radius 2 is 0.933 bits per heavy atom. The summed E-state index contributed by atoms with van der Waals surface area (Å²) in [4.78, 5) is 59.1. The maximum absolute atomic E-state index is 13.1. The smallest absolute Gasteiger partial charge is 0.239 e. The van der Waals surface area contributed by atoms with E-state index in [1.165, 1.54) is 9.80 Å². The number of amides is 4. The van der Waals surface area contributed by atoms with Gasteiger partial charge in [0.2, 0.25) is 23.6 Å². The van der Waals surface area contributed by atoms with Crippen LogP contribution in [0, 0.1) is 47.3 Å². The van der Waals surface area contributed by atoms with Gasteiger partial charge < -0.3 is 0 Å². The summed E-state index contributed by atoms with van der Waals surface area (Å²) < 4.78 is 0. The van der Waals surface area contributed by atoms with E-state index in [0.29, 0.717) is 0 Å². The van der Waals surface area contributed by atoms with Crippen LogP contribution in [-0.4, -0.2) is 28.6 Å². The Kier molecular flexibility index (Phi) is 2.96. The Morgan fingerprint density at radius 1 is 0.600 bits per heavy atom. The minimum atomic E-state index is -0.311. The predicted molar refractivity (Wildman–Crippen MR) is 105 cm³/mol. The first kappa shape index (κ1) is 16.7. The monoisotopic (exact) mass is 401 g/mol. The molecule has 7 heteroatoms. The molecule has 7 rings (SSSR count). The first-order valence-corrected chi connectivity index (χ1v) is 10.6. The Hall–Kier alpha value is -3.09. The first-order valence-electron chi connectivity index (χ1n) is 10.6. The summed E-state index contributed by atoms with van der Waals surface area (Å²) in [6, 6.07) is 4.86. The van der Waals surface area contributed by atoms with Crippen molar-refractivity contribution < 1.29 is 19.2 Å². The number of carbonyl (C=O) groups is 4. The quantitative estimate of drug-likeness (QED) is 0.556. The van der Waals surface area contributed by atoms with Crippen molar-refractivity contribution in [3.63, 3.8) is 0 Å². The maximum Gasteiger partial charge on any atom is 0.239 e. The second kappa shape index (κ2) is 5.33. The minimum Gasteiger partial charge on any atom is -0.274 e.